The Labute approximate surface area is 112 Å². The van der Waals surface area contributed by atoms with Crippen molar-refractivity contribution in [3.05, 3.63) is 47.5 Å². The first-order valence-corrected chi connectivity index (χ1v) is 6.62. The van der Waals surface area contributed by atoms with Gasteiger partial charge in [-0.25, -0.2) is 4.98 Å². The van der Waals surface area contributed by atoms with Crippen LogP contribution in [0.15, 0.2) is 30.7 Å². The van der Waals surface area contributed by atoms with E-state index in [1.165, 1.54) is 12.8 Å². The van der Waals surface area contributed by atoms with E-state index >= 15 is 0 Å². The average Bonchev–Trinajstić information content (AvgIpc) is 3.16. The summed E-state index contributed by atoms with van der Waals surface area (Å²) in [6, 6.07) is 6.47. The third kappa shape index (κ3) is 2.63. The molecular weight excluding hydrogens is 240 g/mol. The summed E-state index contributed by atoms with van der Waals surface area (Å²) < 4.78 is 8.01. The molecule has 1 aliphatic carbocycles. The quantitative estimate of drug-likeness (QED) is 0.896. The first-order valence-electron chi connectivity index (χ1n) is 6.62. The normalized spacial score (nSPS) is 14.6. The SMILES string of the molecule is Cc1ccc(OCc2cncn2C2CC2)c(CO)c1. The van der Waals surface area contributed by atoms with Crippen LogP contribution in [0.2, 0.25) is 0 Å². The number of benzene rings is 1. The fourth-order valence-electron chi connectivity index (χ4n) is 2.25. The molecule has 1 saturated carbocycles. The van der Waals surface area contributed by atoms with Crippen LogP contribution in [-0.4, -0.2) is 14.7 Å². The molecule has 1 aromatic carbocycles. The van der Waals surface area contributed by atoms with Gasteiger partial charge >= 0.3 is 0 Å². The standard InChI is InChI=1S/C15H18N2O2/c1-11-2-5-15(12(6-11)8-18)19-9-14-7-16-10-17(14)13-3-4-13/h2,5-7,10,13,18H,3-4,8-9H2,1H3. The molecule has 0 unspecified atom stereocenters. The van der Waals surface area contributed by atoms with E-state index in [9.17, 15) is 5.11 Å². The number of aliphatic hydroxyl groups is 1. The van der Waals surface area contributed by atoms with E-state index in [0.29, 0.717) is 12.6 Å². The van der Waals surface area contributed by atoms with Crippen LogP contribution in [0, 0.1) is 6.92 Å². The molecule has 19 heavy (non-hydrogen) atoms. The van der Waals surface area contributed by atoms with Gasteiger partial charge in [0.1, 0.15) is 12.4 Å². The number of imidazole rings is 1. The summed E-state index contributed by atoms with van der Waals surface area (Å²) in [5.74, 6) is 0.747. The highest BCUT2D eigenvalue weighted by Crippen LogP contribution is 2.35. The third-order valence-corrected chi connectivity index (χ3v) is 3.45. The molecule has 0 radical (unpaired) electrons. The lowest BCUT2D eigenvalue weighted by atomic mass is 10.1. The van der Waals surface area contributed by atoms with Crippen molar-refractivity contribution in [2.75, 3.05) is 0 Å². The molecule has 0 bridgehead atoms. The van der Waals surface area contributed by atoms with Crippen molar-refractivity contribution in [3.8, 4) is 5.75 Å². The predicted octanol–water partition coefficient (Wildman–Crippen LogP) is 2.60. The Hall–Kier alpha value is -1.81. The second kappa shape index (κ2) is 5.05. The molecule has 3 rings (SSSR count). The molecule has 100 valence electrons. The second-order valence-corrected chi connectivity index (χ2v) is 5.08. The van der Waals surface area contributed by atoms with Crippen molar-refractivity contribution >= 4 is 0 Å². The minimum Gasteiger partial charge on any atom is -0.487 e. The van der Waals surface area contributed by atoms with E-state index in [2.05, 4.69) is 9.55 Å². The van der Waals surface area contributed by atoms with Crippen molar-refractivity contribution in [3.63, 3.8) is 0 Å². The van der Waals surface area contributed by atoms with E-state index in [1.54, 1.807) is 0 Å². The number of aromatic nitrogens is 2. The Kier molecular flexibility index (Phi) is 3.25. The molecule has 4 heteroatoms. The summed E-state index contributed by atoms with van der Waals surface area (Å²) in [5.41, 5.74) is 3.05. The first-order chi connectivity index (χ1) is 9.28. The zero-order valence-electron chi connectivity index (χ0n) is 11.0. The Morgan fingerprint density at radius 1 is 1.42 bits per heavy atom. The number of aryl methyl sites for hydroxylation is 1. The molecule has 1 heterocycles. The van der Waals surface area contributed by atoms with Gasteiger partial charge in [0.05, 0.1) is 24.8 Å². The Morgan fingerprint density at radius 3 is 3.00 bits per heavy atom. The van der Waals surface area contributed by atoms with E-state index in [4.69, 9.17) is 4.74 Å². The summed E-state index contributed by atoms with van der Waals surface area (Å²) in [6.45, 7) is 2.50. The van der Waals surface area contributed by atoms with Gasteiger partial charge in [-0.3, -0.25) is 0 Å². The minimum atomic E-state index is -0.00109. The summed E-state index contributed by atoms with van der Waals surface area (Å²) in [7, 11) is 0. The molecule has 0 aliphatic heterocycles. The van der Waals surface area contributed by atoms with Crippen molar-refractivity contribution < 1.29 is 9.84 Å². The van der Waals surface area contributed by atoms with Crippen molar-refractivity contribution in [2.24, 2.45) is 0 Å². The number of ether oxygens (including phenoxy) is 1. The van der Waals surface area contributed by atoms with Crippen molar-refractivity contribution in [2.45, 2.75) is 39.0 Å². The van der Waals surface area contributed by atoms with Gasteiger partial charge in [0, 0.05) is 11.6 Å². The zero-order chi connectivity index (χ0) is 13.2. The fourth-order valence-corrected chi connectivity index (χ4v) is 2.25. The molecule has 0 saturated heterocycles. The molecule has 1 aromatic heterocycles. The maximum atomic E-state index is 9.36. The molecule has 0 amide bonds. The molecular formula is C15H18N2O2. The van der Waals surface area contributed by atoms with Crippen LogP contribution < -0.4 is 4.74 Å². The molecule has 1 fully saturated rings. The van der Waals surface area contributed by atoms with Gasteiger partial charge in [-0.05, 0) is 25.8 Å². The van der Waals surface area contributed by atoms with E-state index in [0.717, 1.165) is 22.6 Å². The van der Waals surface area contributed by atoms with Gasteiger partial charge in [0.15, 0.2) is 0 Å². The number of rotatable bonds is 5. The van der Waals surface area contributed by atoms with Gasteiger partial charge in [0.2, 0.25) is 0 Å². The van der Waals surface area contributed by atoms with Gasteiger partial charge < -0.3 is 14.4 Å². The Balaban J connectivity index is 1.73. The third-order valence-electron chi connectivity index (χ3n) is 3.45. The summed E-state index contributed by atoms with van der Waals surface area (Å²) in [5, 5.41) is 9.36. The lowest BCUT2D eigenvalue weighted by molar-refractivity contribution is 0.255. The van der Waals surface area contributed by atoms with Crippen LogP contribution >= 0.6 is 0 Å². The van der Waals surface area contributed by atoms with E-state index < -0.39 is 0 Å². The van der Waals surface area contributed by atoms with Gasteiger partial charge in [-0.2, -0.15) is 0 Å². The van der Waals surface area contributed by atoms with Crippen LogP contribution in [-0.2, 0) is 13.2 Å². The van der Waals surface area contributed by atoms with Crippen LogP contribution in [0.4, 0.5) is 0 Å². The molecule has 0 spiro atoms. The summed E-state index contributed by atoms with van der Waals surface area (Å²) in [4.78, 5) is 4.19. The van der Waals surface area contributed by atoms with Gasteiger partial charge in [-0.15, -0.1) is 0 Å². The maximum Gasteiger partial charge on any atom is 0.130 e. The minimum absolute atomic E-state index is 0.00109. The Bertz CT molecular complexity index is 573. The topological polar surface area (TPSA) is 47.3 Å². The molecule has 1 aliphatic rings. The highest BCUT2D eigenvalue weighted by molar-refractivity contribution is 5.36. The van der Waals surface area contributed by atoms with E-state index in [1.807, 2.05) is 37.6 Å². The van der Waals surface area contributed by atoms with Crippen molar-refractivity contribution in [1.82, 2.24) is 9.55 Å². The maximum absolute atomic E-state index is 9.36. The van der Waals surface area contributed by atoms with Gasteiger partial charge in [0.25, 0.3) is 0 Å². The van der Waals surface area contributed by atoms with Crippen molar-refractivity contribution in [1.29, 1.82) is 0 Å². The molecule has 4 nitrogen and oxygen atoms in total. The highest BCUT2D eigenvalue weighted by atomic mass is 16.5. The summed E-state index contributed by atoms with van der Waals surface area (Å²) >= 11 is 0. The molecule has 0 atom stereocenters. The molecule has 1 N–H and O–H groups in total. The van der Waals surface area contributed by atoms with Crippen LogP contribution in [0.25, 0.3) is 0 Å². The smallest absolute Gasteiger partial charge is 0.130 e. The number of hydrogen-bond acceptors (Lipinski definition) is 3. The van der Waals surface area contributed by atoms with Crippen LogP contribution in [0.5, 0.6) is 5.75 Å². The van der Waals surface area contributed by atoms with Crippen LogP contribution in [0.1, 0.15) is 35.7 Å². The van der Waals surface area contributed by atoms with Crippen LogP contribution in [0.3, 0.4) is 0 Å². The Morgan fingerprint density at radius 2 is 2.26 bits per heavy atom. The number of hydrogen-bond donors (Lipinski definition) is 1. The predicted molar refractivity (Wildman–Crippen MR) is 71.9 cm³/mol. The highest BCUT2D eigenvalue weighted by Gasteiger charge is 2.25. The zero-order valence-corrected chi connectivity index (χ0v) is 11.0. The first kappa shape index (κ1) is 12.2. The largest absolute Gasteiger partial charge is 0.487 e. The molecule has 2 aromatic rings. The number of nitrogens with zero attached hydrogens (tertiary/aromatic N) is 2. The summed E-state index contributed by atoms with van der Waals surface area (Å²) in [6.07, 6.45) is 6.19. The monoisotopic (exact) mass is 258 g/mol. The average molecular weight is 258 g/mol. The lowest BCUT2D eigenvalue weighted by Crippen LogP contribution is -2.05. The number of aliphatic hydroxyl groups excluding tert-OH is 1. The fraction of sp³-hybridized carbons (Fsp3) is 0.400. The van der Waals surface area contributed by atoms with E-state index in [-0.39, 0.29) is 6.61 Å². The lowest BCUT2D eigenvalue weighted by Gasteiger charge is -2.12. The van der Waals surface area contributed by atoms with Gasteiger partial charge in [-0.1, -0.05) is 17.7 Å². The second-order valence-electron chi connectivity index (χ2n) is 5.08.